The van der Waals surface area contributed by atoms with Crippen LogP contribution < -0.4 is 5.32 Å². The van der Waals surface area contributed by atoms with Crippen molar-refractivity contribution in [2.24, 2.45) is 7.05 Å². The van der Waals surface area contributed by atoms with Crippen LogP contribution in [0.4, 0.5) is 5.69 Å². The molecule has 1 saturated carbocycles. The minimum absolute atomic E-state index is 0.272. The van der Waals surface area contributed by atoms with E-state index in [4.69, 9.17) is 4.42 Å². The Kier molecular flexibility index (Phi) is 5.32. The zero-order valence-corrected chi connectivity index (χ0v) is 17.9. The van der Waals surface area contributed by atoms with E-state index < -0.39 is 0 Å². The molecule has 158 valence electrons. The molecule has 1 amide bonds. The highest BCUT2D eigenvalue weighted by Gasteiger charge is 2.57. The van der Waals surface area contributed by atoms with Crippen molar-refractivity contribution >= 4 is 12.1 Å². The normalized spacial score (nSPS) is 22.0. The third kappa shape index (κ3) is 3.46. The first-order chi connectivity index (χ1) is 14.5. The summed E-state index contributed by atoms with van der Waals surface area (Å²) in [7, 11) is 3.85. The SMILES string of the molecule is CNc1ccc(C)c(-c2ccn(C)n2)c1.Cc1nnc(C23CCC[C@H](C2)N3C=O)o1. The van der Waals surface area contributed by atoms with Crippen LogP contribution in [-0.4, -0.2) is 44.4 Å². The van der Waals surface area contributed by atoms with E-state index in [0.717, 1.165) is 43.5 Å². The van der Waals surface area contributed by atoms with Crippen molar-refractivity contribution in [1.82, 2.24) is 24.9 Å². The molecule has 1 aliphatic carbocycles. The Bertz CT molecular complexity index is 1040. The average molecular weight is 409 g/mol. The number of anilines is 1. The van der Waals surface area contributed by atoms with Crippen molar-refractivity contribution in [2.45, 2.75) is 51.1 Å². The van der Waals surface area contributed by atoms with Crippen molar-refractivity contribution in [3.63, 3.8) is 0 Å². The smallest absolute Gasteiger partial charge is 0.242 e. The van der Waals surface area contributed by atoms with Crippen LogP contribution in [0.3, 0.4) is 0 Å². The van der Waals surface area contributed by atoms with Gasteiger partial charge < -0.3 is 14.6 Å². The number of benzene rings is 1. The fourth-order valence-corrected chi connectivity index (χ4v) is 4.52. The number of piperidine rings is 1. The molecule has 3 aromatic rings. The fourth-order valence-electron chi connectivity index (χ4n) is 4.52. The number of nitrogens with one attached hydrogen (secondary N) is 1. The molecule has 1 aromatic carbocycles. The minimum atomic E-state index is -0.272. The summed E-state index contributed by atoms with van der Waals surface area (Å²) >= 11 is 0. The molecular weight excluding hydrogens is 380 g/mol. The third-order valence-electron chi connectivity index (χ3n) is 6.14. The topological polar surface area (TPSA) is 89.1 Å². The number of hydrogen-bond donors (Lipinski definition) is 1. The van der Waals surface area contributed by atoms with E-state index >= 15 is 0 Å². The third-order valence-corrected chi connectivity index (χ3v) is 6.14. The Hall–Kier alpha value is -3.16. The van der Waals surface area contributed by atoms with Gasteiger partial charge >= 0.3 is 0 Å². The molecule has 8 nitrogen and oxygen atoms in total. The molecule has 1 N–H and O–H groups in total. The summed E-state index contributed by atoms with van der Waals surface area (Å²) in [6, 6.07) is 8.72. The number of aryl methyl sites for hydroxylation is 3. The van der Waals surface area contributed by atoms with Crippen LogP contribution in [0.25, 0.3) is 11.3 Å². The lowest BCUT2D eigenvalue weighted by Gasteiger charge is -2.58. The molecule has 8 heteroatoms. The van der Waals surface area contributed by atoms with Crippen molar-refractivity contribution in [1.29, 1.82) is 0 Å². The molecule has 2 aromatic heterocycles. The van der Waals surface area contributed by atoms with Gasteiger partial charge in [0.1, 0.15) is 5.54 Å². The highest BCUT2D eigenvalue weighted by molar-refractivity contribution is 5.68. The van der Waals surface area contributed by atoms with Gasteiger partial charge in [-0.15, -0.1) is 10.2 Å². The molecule has 2 bridgehead atoms. The maximum atomic E-state index is 11.0. The van der Waals surface area contributed by atoms with E-state index in [-0.39, 0.29) is 5.54 Å². The van der Waals surface area contributed by atoms with E-state index in [2.05, 4.69) is 45.7 Å². The molecule has 2 saturated heterocycles. The number of rotatable bonds is 4. The van der Waals surface area contributed by atoms with E-state index in [9.17, 15) is 4.79 Å². The number of carbonyl (C=O) groups is 1. The highest BCUT2D eigenvalue weighted by Crippen LogP contribution is 2.52. The number of hydrogen-bond acceptors (Lipinski definition) is 6. The van der Waals surface area contributed by atoms with Gasteiger partial charge in [-0.05, 0) is 49.9 Å². The predicted molar refractivity (Wildman–Crippen MR) is 114 cm³/mol. The van der Waals surface area contributed by atoms with Gasteiger partial charge in [0.15, 0.2) is 0 Å². The van der Waals surface area contributed by atoms with Crippen molar-refractivity contribution in [2.75, 3.05) is 12.4 Å². The Morgan fingerprint density at radius 3 is 2.70 bits per heavy atom. The van der Waals surface area contributed by atoms with E-state index in [0.29, 0.717) is 17.8 Å². The van der Waals surface area contributed by atoms with Crippen LogP contribution in [0.5, 0.6) is 0 Å². The summed E-state index contributed by atoms with van der Waals surface area (Å²) in [4.78, 5) is 12.9. The van der Waals surface area contributed by atoms with Crippen LogP contribution in [0.15, 0.2) is 34.9 Å². The largest absolute Gasteiger partial charge is 0.423 e. The lowest BCUT2D eigenvalue weighted by atomic mass is 9.68. The van der Waals surface area contributed by atoms with Gasteiger partial charge in [-0.3, -0.25) is 9.48 Å². The number of carbonyl (C=O) groups excluding carboxylic acids is 1. The zero-order chi connectivity index (χ0) is 21.3. The number of aromatic nitrogens is 4. The first kappa shape index (κ1) is 20.1. The van der Waals surface area contributed by atoms with Crippen molar-refractivity contribution in [3.05, 3.63) is 47.8 Å². The molecule has 3 fully saturated rings. The molecule has 30 heavy (non-hydrogen) atoms. The Morgan fingerprint density at radius 2 is 2.10 bits per heavy atom. The number of nitrogens with zero attached hydrogens (tertiary/aromatic N) is 5. The molecule has 6 rings (SSSR count). The predicted octanol–water partition coefficient (Wildman–Crippen LogP) is 3.43. The van der Waals surface area contributed by atoms with Crippen LogP contribution in [-0.2, 0) is 17.4 Å². The second-order valence-corrected chi connectivity index (χ2v) is 8.08. The molecule has 2 atom stereocenters. The molecule has 0 radical (unpaired) electrons. The first-order valence-corrected chi connectivity index (χ1v) is 10.3. The fraction of sp³-hybridized carbons (Fsp3) is 0.455. The molecule has 0 spiro atoms. The van der Waals surface area contributed by atoms with Crippen molar-refractivity contribution < 1.29 is 9.21 Å². The van der Waals surface area contributed by atoms with Gasteiger partial charge in [0.25, 0.3) is 0 Å². The molecule has 3 aliphatic rings. The van der Waals surface area contributed by atoms with Gasteiger partial charge in [0, 0.05) is 50.9 Å². The van der Waals surface area contributed by atoms with Gasteiger partial charge in [-0.25, -0.2) is 0 Å². The summed E-state index contributed by atoms with van der Waals surface area (Å²) in [5.41, 5.74) is 4.29. The summed E-state index contributed by atoms with van der Waals surface area (Å²) < 4.78 is 7.29. The second kappa shape index (κ2) is 7.93. The van der Waals surface area contributed by atoms with Gasteiger partial charge in [-0.1, -0.05) is 6.07 Å². The number of fused-ring (bicyclic) bond motifs is 2. The summed E-state index contributed by atoms with van der Waals surface area (Å²) in [6.45, 7) is 3.88. The monoisotopic (exact) mass is 408 g/mol. The van der Waals surface area contributed by atoms with Crippen molar-refractivity contribution in [3.8, 4) is 11.3 Å². The summed E-state index contributed by atoms with van der Waals surface area (Å²) in [5, 5.41) is 15.4. The maximum absolute atomic E-state index is 11.0. The summed E-state index contributed by atoms with van der Waals surface area (Å²) in [6.07, 6.45) is 7.05. The van der Waals surface area contributed by atoms with Gasteiger partial charge in [-0.2, -0.15) is 5.10 Å². The maximum Gasteiger partial charge on any atom is 0.242 e. The van der Waals surface area contributed by atoms with E-state index in [1.165, 1.54) is 11.1 Å². The first-order valence-electron chi connectivity index (χ1n) is 10.3. The van der Waals surface area contributed by atoms with Crippen LogP contribution in [0.2, 0.25) is 0 Å². The quantitative estimate of drug-likeness (QED) is 0.666. The van der Waals surface area contributed by atoms with Crippen LogP contribution in [0, 0.1) is 13.8 Å². The molecule has 2 aliphatic heterocycles. The molecule has 1 unspecified atom stereocenters. The Morgan fingerprint density at radius 1 is 1.27 bits per heavy atom. The molecular formula is C22H28N6O2. The van der Waals surface area contributed by atoms with Gasteiger partial charge in [0.2, 0.25) is 18.2 Å². The minimum Gasteiger partial charge on any atom is -0.423 e. The van der Waals surface area contributed by atoms with E-state index in [1.54, 1.807) is 6.92 Å². The summed E-state index contributed by atoms with van der Waals surface area (Å²) in [5.74, 6) is 1.18. The Balaban J connectivity index is 0.000000145. The van der Waals surface area contributed by atoms with Gasteiger partial charge in [0.05, 0.1) is 5.69 Å². The van der Waals surface area contributed by atoms with Crippen LogP contribution >= 0.6 is 0 Å². The second-order valence-electron chi connectivity index (χ2n) is 8.08. The van der Waals surface area contributed by atoms with Crippen LogP contribution in [0.1, 0.15) is 43.0 Å². The highest BCUT2D eigenvalue weighted by atomic mass is 16.4. The number of amides is 1. The lowest BCUT2D eigenvalue weighted by Crippen LogP contribution is -2.65. The Labute approximate surface area is 176 Å². The van der Waals surface area contributed by atoms with E-state index in [1.807, 2.05) is 35.9 Å². The zero-order valence-electron chi connectivity index (χ0n) is 17.9. The standard InChI is InChI=1S/C12H15N3.C10H13N3O2/c1-9-4-5-10(13-2)8-11(9)12-6-7-15(3)14-12;1-7-11-12-9(15-7)10-4-2-3-8(5-10)13(10)6-14/h4-8,13H,1-3H3;6,8H,2-5H2,1H3/t;8-,10?/m.1/s1. The average Bonchev–Trinajstić information content (AvgIpc) is 3.38. The lowest BCUT2D eigenvalue weighted by molar-refractivity contribution is -0.159. The molecule has 4 heterocycles.